The number of aromatic nitrogens is 2. The van der Waals surface area contributed by atoms with Gasteiger partial charge < -0.3 is 15.2 Å². The number of imidazole rings is 1. The van der Waals surface area contributed by atoms with Crippen LogP contribution in [0.5, 0.6) is 0 Å². The van der Waals surface area contributed by atoms with E-state index in [1.54, 1.807) is 0 Å². The van der Waals surface area contributed by atoms with Crippen LogP contribution in [0.1, 0.15) is 50.4 Å². The Bertz CT molecular complexity index is 1070. The number of fused-ring (bicyclic) bond motifs is 1. The topological polar surface area (TPSA) is 76.0 Å². The van der Waals surface area contributed by atoms with Gasteiger partial charge in [-0.3, -0.25) is 9.59 Å². The minimum Gasteiger partial charge on any atom is -0.355 e. The van der Waals surface area contributed by atoms with Crippen molar-refractivity contribution < 1.29 is 9.59 Å². The number of benzene rings is 2. The molecule has 0 bridgehead atoms. The van der Waals surface area contributed by atoms with Gasteiger partial charge in [-0.05, 0) is 49.1 Å². The lowest BCUT2D eigenvalue weighted by atomic mass is 9.89. The maximum absolute atomic E-state index is 12.8. The Labute approximate surface area is 189 Å². The fourth-order valence-electron chi connectivity index (χ4n) is 4.47. The first-order valence-electron chi connectivity index (χ1n) is 11.7. The Morgan fingerprint density at radius 1 is 1.03 bits per heavy atom. The van der Waals surface area contributed by atoms with Gasteiger partial charge in [0, 0.05) is 24.6 Å². The standard InChI is InChI=1S/C26H32N4O2/c1-2-19-12-14-21(15-13-19)28-25(31)18-30-23-11-7-6-10-22(23)29-24(30)16-17-27-26(32)20-8-4-3-5-9-20/h6-7,10-15,20H,2-5,8-9,16-18H2,1H3,(H,27,32)(H,28,31). The Morgan fingerprint density at radius 2 is 1.78 bits per heavy atom. The molecule has 1 aliphatic carbocycles. The predicted molar refractivity (Wildman–Crippen MR) is 127 cm³/mol. The van der Waals surface area contributed by atoms with Crippen LogP contribution in [0.15, 0.2) is 48.5 Å². The number of carbonyl (C=O) groups excluding carboxylic acids is 2. The van der Waals surface area contributed by atoms with Gasteiger partial charge in [0.2, 0.25) is 11.8 Å². The van der Waals surface area contributed by atoms with Crippen molar-refractivity contribution in [2.45, 2.75) is 58.4 Å². The molecule has 0 saturated heterocycles. The van der Waals surface area contributed by atoms with Crippen molar-refractivity contribution in [3.8, 4) is 0 Å². The molecular formula is C26H32N4O2. The van der Waals surface area contributed by atoms with E-state index < -0.39 is 0 Å². The van der Waals surface area contributed by atoms with Crippen molar-refractivity contribution in [1.29, 1.82) is 0 Å². The third-order valence-corrected chi connectivity index (χ3v) is 6.31. The number of para-hydroxylation sites is 2. The van der Waals surface area contributed by atoms with Gasteiger partial charge in [-0.1, -0.05) is 50.5 Å². The lowest BCUT2D eigenvalue weighted by Crippen LogP contribution is -2.33. The number of rotatable bonds is 8. The van der Waals surface area contributed by atoms with Crippen molar-refractivity contribution in [1.82, 2.24) is 14.9 Å². The van der Waals surface area contributed by atoms with Crippen LogP contribution in [-0.4, -0.2) is 27.9 Å². The first kappa shape index (κ1) is 22.1. The second-order valence-corrected chi connectivity index (χ2v) is 8.58. The number of nitrogens with one attached hydrogen (secondary N) is 2. The quantitative estimate of drug-likeness (QED) is 0.551. The molecule has 0 unspecified atom stereocenters. The smallest absolute Gasteiger partial charge is 0.244 e. The number of carbonyl (C=O) groups is 2. The summed E-state index contributed by atoms with van der Waals surface area (Å²) in [4.78, 5) is 30.0. The third kappa shape index (κ3) is 5.36. The average molecular weight is 433 g/mol. The summed E-state index contributed by atoms with van der Waals surface area (Å²) in [6, 6.07) is 15.8. The largest absolute Gasteiger partial charge is 0.355 e. The van der Waals surface area contributed by atoms with Crippen molar-refractivity contribution in [3.63, 3.8) is 0 Å². The monoisotopic (exact) mass is 432 g/mol. The molecule has 0 atom stereocenters. The summed E-state index contributed by atoms with van der Waals surface area (Å²) in [5, 5.41) is 6.07. The normalized spacial score (nSPS) is 14.4. The molecule has 6 nitrogen and oxygen atoms in total. The summed E-state index contributed by atoms with van der Waals surface area (Å²) in [6.07, 6.45) is 7.06. The summed E-state index contributed by atoms with van der Waals surface area (Å²) >= 11 is 0. The lowest BCUT2D eigenvalue weighted by Gasteiger charge is -2.20. The van der Waals surface area contributed by atoms with E-state index in [0.717, 1.165) is 54.6 Å². The highest BCUT2D eigenvalue weighted by Crippen LogP contribution is 2.23. The number of nitrogens with zero attached hydrogens (tertiary/aromatic N) is 2. The van der Waals surface area contributed by atoms with Crippen LogP contribution in [0.25, 0.3) is 11.0 Å². The van der Waals surface area contributed by atoms with Crippen molar-refractivity contribution in [2.75, 3.05) is 11.9 Å². The molecule has 3 aromatic rings. The molecule has 168 valence electrons. The van der Waals surface area contributed by atoms with Crippen molar-refractivity contribution in [3.05, 3.63) is 59.9 Å². The lowest BCUT2D eigenvalue weighted by molar-refractivity contribution is -0.125. The van der Waals surface area contributed by atoms with Crippen LogP contribution in [0, 0.1) is 5.92 Å². The van der Waals surface area contributed by atoms with Crippen LogP contribution in [0.4, 0.5) is 5.69 Å². The van der Waals surface area contributed by atoms with Crippen LogP contribution in [0.2, 0.25) is 0 Å². The number of hydrogen-bond acceptors (Lipinski definition) is 3. The second-order valence-electron chi connectivity index (χ2n) is 8.58. The molecule has 0 spiro atoms. The average Bonchev–Trinajstić information content (AvgIpc) is 3.17. The summed E-state index contributed by atoms with van der Waals surface area (Å²) in [5.41, 5.74) is 3.82. The van der Waals surface area contributed by atoms with Gasteiger partial charge in [-0.15, -0.1) is 0 Å². The summed E-state index contributed by atoms with van der Waals surface area (Å²) in [5.74, 6) is 1.02. The van der Waals surface area contributed by atoms with Gasteiger partial charge in [-0.2, -0.15) is 0 Å². The fourth-order valence-corrected chi connectivity index (χ4v) is 4.47. The molecule has 4 rings (SSSR count). The minimum absolute atomic E-state index is 0.0927. The first-order chi connectivity index (χ1) is 15.6. The highest BCUT2D eigenvalue weighted by molar-refractivity contribution is 5.91. The van der Waals surface area contributed by atoms with Gasteiger partial charge in [0.1, 0.15) is 12.4 Å². The van der Waals surface area contributed by atoms with E-state index in [1.165, 1.54) is 12.0 Å². The number of anilines is 1. The molecule has 0 radical (unpaired) electrons. The molecule has 1 aliphatic rings. The van der Waals surface area contributed by atoms with Crippen LogP contribution < -0.4 is 10.6 Å². The van der Waals surface area contributed by atoms with E-state index in [1.807, 2.05) is 53.1 Å². The second kappa shape index (κ2) is 10.4. The van der Waals surface area contributed by atoms with E-state index in [0.29, 0.717) is 13.0 Å². The summed E-state index contributed by atoms with van der Waals surface area (Å²) < 4.78 is 1.96. The van der Waals surface area contributed by atoms with Gasteiger partial charge in [-0.25, -0.2) is 4.98 Å². The zero-order valence-corrected chi connectivity index (χ0v) is 18.8. The fraction of sp³-hybridized carbons (Fsp3) is 0.423. The van der Waals surface area contributed by atoms with Crippen LogP contribution in [0.3, 0.4) is 0 Å². The molecule has 6 heteroatoms. The highest BCUT2D eigenvalue weighted by atomic mass is 16.2. The zero-order valence-electron chi connectivity index (χ0n) is 18.8. The maximum Gasteiger partial charge on any atom is 0.244 e. The first-order valence-corrected chi connectivity index (χ1v) is 11.7. The highest BCUT2D eigenvalue weighted by Gasteiger charge is 2.21. The predicted octanol–water partition coefficient (Wildman–Crippen LogP) is 4.48. The molecule has 2 N–H and O–H groups in total. The van der Waals surface area contributed by atoms with E-state index in [2.05, 4.69) is 17.6 Å². The Kier molecular flexibility index (Phi) is 7.20. The number of aryl methyl sites for hydroxylation is 1. The third-order valence-electron chi connectivity index (χ3n) is 6.31. The molecule has 1 fully saturated rings. The molecule has 32 heavy (non-hydrogen) atoms. The number of amides is 2. The van der Waals surface area contributed by atoms with Gasteiger partial charge in [0.05, 0.1) is 11.0 Å². The SMILES string of the molecule is CCc1ccc(NC(=O)Cn2c(CCNC(=O)C3CCCCC3)nc3ccccc32)cc1. The van der Waals surface area contributed by atoms with Gasteiger partial charge in [0.15, 0.2) is 0 Å². The van der Waals surface area contributed by atoms with E-state index in [4.69, 9.17) is 4.98 Å². The molecule has 1 saturated carbocycles. The molecule has 1 heterocycles. The van der Waals surface area contributed by atoms with Crippen LogP contribution >= 0.6 is 0 Å². The van der Waals surface area contributed by atoms with Crippen molar-refractivity contribution in [2.24, 2.45) is 5.92 Å². The number of hydrogen-bond donors (Lipinski definition) is 2. The van der Waals surface area contributed by atoms with Gasteiger partial charge >= 0.3 is 0 Å². The maximum atomic E-state index is 12.8. The Balaban J connectivity index is 1.42. The molecule has 1 aromatic heterocycles. The Hall–Kier alpha value is -3.15. The summed E-state index contributed by atoms with van der Waals surface area (Å²) in [6.45, 7) is 2.82. The zero-order chi connectivity index (χ0) is 22.3. The minimum atomic E-state index is -0.0927. The molecular weight excluding hydrogens is 400 g/mol. The molecule has 0 aliphatic heterocycles. The van der Waals surface area contributed by atoms with E-state index >= 15 is 0 Å². The Morgan fingerprint density at radius 3 is 2.53 bits per heavy atom. The summed E-state index contributed by atoms with van der Waals surface area (Å²) in [7, 11) is 0. The van der Waals surface area contributed by atoms with Crippen molar-refractivity contribution >= 4 is 28.5 Å². The van der Waals surface area contributed by atoms with Gasteiger partial charge in [0.25, 0.3) is 0 Å². The van der Waals surface area contributed by atoms with E-state index in [9.17, 15) is 9.59 Å². The van der Waals surface area contributed by atoms with Crippen LogP contribution in [-0.2, 0) is 29.0 Å². The van der Waals surface area contributed by atoms with E-state index in [-0.39, 0.29) is 24.3 Å². The molecule has 2 amide bonds. The molecule has 2 aromatic carbocycles.